The van der Waals surface area contributed by atoms with Gasteiger partial charge in [-0.1, -0.05) is 6.07 Å². The van der Waals surface area contributed by atoms with E-state index in [1.165, 1.54) is 12.4 Å². The van der Waals surface area contributed by atoms with Crippen molar-refractivity contribution in [3.05, 3.63) is 30.3 Å². The molecule has 3 rings (SSSR count). The van der Waals surface area contributed by atoms with Crippen LogP contribution >= 0.6 is 0 Å². The summed E-state index contributed by atoms with van der Waals surface area (Å²) in [6, 6.07) is 4.81. The van der Waals surface area contributed by atoms with Crippen molar-refractivity contribution < 1.29 is 9.50 Å². The van der Waals surface area contributed by atoms with Crippen molar-refractivity contribution in [1.82, 2.24) is 9.97 Å². The van der Waals surface area contributed by atoms with Crippen molar-refractivity contribution in [2.45, 2.75) is 6.10 Å². The highest BCUT2D eigenvalue weighted by Crippen LogP contribution is 2.27. The van der Waals surface area contributed by atoms with Gasteiger partial charge in [0.05, 0.1) is 6.10 Å². The third-order valence-electron chi connectivity index (χ3n) is 2.76. The summed E-state index contributed by atoms with van der Waals surface area (Å²) in [5.41, 5.74) is 0.328. The van der Waals surface area contributed by atoms with Gasteiger partial charge >= 0.3 is 0 Å². The number of nitrogens with zero attached hydrogens (tertiary/aromatic N) is 3. The van der Waals surface area contributed by atoms with E-state index in [0.29, 0.717) is 29.8 Å². The number of hydrogen-bond acceptors (Lipinski definition) is 4. The Bertz CT molecular complexity index is 540. The molecule has 0 amide bonds. The fourth-order valence-corrected chi connectivity index (χ4v) is 1.92. The summed E-state index contributed by atoms with van der Waals surface area (Å²) >= 11 is 0. The number of aromatic nitrogens is 2. The Morgan fingerprint density at radius 1 is 1.31 bits per heavy atom. The van der Waals surface area contributed by atoms with Crippen molar-refractivity contribution in [1.29, 1.82) is 0 Å². The molecule has 0 saturated carbocycles. The number of β-amino-alcohol motifs (C(OH)–C–C–N with tert-alkyl or cyclic N) is 1. The molecule has 0 unspecified atom stereocenters. The minimum absolute atomic E-state index is 0.307. The number of aliphatic hydroxyl groups excluding tert-OH is 1. The lowest BCUT2D eigenvalue weighted by molar-refractivity contribution is 0.141. The first-order valence-corrected chi connectivity index (χ1v) is 5.08. The van der Waals surface area contributed by atoms with E-state index in [1.807, 2.05) is 4.90 Å². The SMILES string of the molecule is OC1CN(c2ncnc3c(F)cccc23)C1. The zero-order valence-electron chi connectivity index (χ0n) is 8.47. The summed E-state index contributed by atoms with van der Waals surface area (Å²) in [4.78, 5) is 9.98. The molecule has 1 fully saturated rings. The molecule has 5 heteroatoms. The van der Waals surface area contributed by atoms with Crippen molar-refractivity contribution in [2.24, 2.45) is 0 Å². The van der Waals surface area contributed by atoms with E-state index >= 15 is 0 Å². The van der Waals surface area contributed by atoms with Gasteiger partial charge in [-0.25, -0.2) is 14.4 Å². The highest BCUT2D eigenvalue weighted by atomic mass is 19.1. The van der Waals surface area contributed by atoms with Gasteiger partial charge in [0.1, 0.15) is 23.5 Å². The van der Waals surface area contributed by atoms with Gasteiger partial charge in [0.25, 0.3) is 0 Å². The fraction of sp³-hybridized carbons (Fsp3) is 0.273. The van der Waals surface area contributed by atoms with Crippen LogP contribution in [-0.4, -0.2) is 34.3 Å². The number of halogens is 1. The van der Waals surface area contributed by atoms with Gasteiger partial charge in [-0.15, -0.1) is 0 Å². The average molecular weight is 219 g/mol. The Morgan fingerprint density at radius 3 is 2.88 bits per heavy atom. The van der Waals surface area contributed by atoms with Crippen LogP contribution in [0.25, 0.3) is 10.9 Å². The van der Waals surface area contributed by atoms with Gasteiger partial charge in [-0.05, 0) is 12.1 Å². The van der Waals surface area contributed by atoms with E-state index in [1.54, 1.807) is 12.1 Å². The molecule has 1 N–H and O–H groups in total. The second-order valence-electron chi connectivity index (χ2n) is 3.89. The highest BCUT2D eigenvalue weighted by Gasteiger charge is 2.27. The minimum atomic E-state index is -0.345. The zero-order chi connectivity index (χ0) is 11.1. The Morgan fingerprint density at radius 2 is 2.12 bits per heavy atom. The number of anilines is 1. The molecule has 2 aromatic rings. The third-order valence-corrected chi connectivity index (χ3v) is 2.76. The smallest absolute Gasteiger partial charge is 0.149 e. The molecule has 1 aliphatic heterocycles. The first-order chi connectivity index (χ1) is 7.75. The van der Waals surface area contributed by atoms with Gasteiger partial charge in [-0.2, -0.15) is 0 Å². The van der Waals surface area contributed by atoms with Crippen molar-refractivity contribution in [2.75, 3.05) is 18.0 Å². The van der Waals surface area contributed by atoms with Crippen LogP contribution in [0.2, 0.25) is 0 Å². The maximum Gasteiger partial charge on any atom is 0.149 e. The summed E-state index contributed by atoms with van der Waals surface area (Å²) in [6.45, 7) is 1.09. The van der Waals surface area contributed by atoms with Crippen LogP contribution in [0.15, 0.2) is 24.5 Å². The van der Waals surface area contributed by atoms with Crippen LogP contribution in [0.3, 0.4) is 0 Å². The topological polar surface area (TPSA) is 49.2 Å². The maximum atomic E-state index is 13.5. The van der Waals surface area contributed by atoms with Gasteiger partial charge in [-0.3, -0.25) is 0 Å². The zero-order valence-corrected chi connectivity index (χ0v) is 8.47. The third kappa shape index (κ3) is 1.32. The number of fused-ring (bicyclic) bond motifs is 1. The van der Waals surface area contributed by atoms with Crippen LogP contribution in [-0.2, 0) is 0 Å². The summed E-state index contributed by atoms with van der Waals surface area (Å²) in [5.74, 6) is 0.344. The largest absolute Gasteiger partial charge is 0.389 e. The van der Waals surface area contributed by atoms with Gasteiger partial charge in [0.2, 0.25) is 0 Å². The minimum Gasteiger partial charge on any atom is -0.389 e. The monoisotopic (exact) mass is 219 g/mol. The number of hydrogen-bond donors (Lipinski definition) is 1. The quantitative estimate of drug-likeness (QED) is 0.775. The van der Waals surface area contributed by atoms with Crippen LogP contribution in [0.1, 0.15) is 0 Å². The number of rotatable bonds is 1. The van der Waals surface area contributed by atoms with E-state index < -0.39 is 0 Å². The van der Waals surface area contributed by atoms with E-state index in [4.69, 9.17) is 0 Å². The normalized spacial score (nSPS) is 16.5. The average Bonchev–Trinajstić information content (AvgIpc) is 2.25. The Hall–Kier alpha value is -1.75. The molecule has 0 aliphatic carbocycles. The number of benzene rings is 1. The highest BCUT2D eigenvalue weighted by molar-refractivity contribution is 5.89. The molecule has 1 aromatic carbocycles. The Balaban J connectivity index is 2.14. The lowest BCUT2D eigenvalue weighted by atomic mass is 10.1. The first kappa shape index (κ1) is 9.47. The van der Waals surface area contributed by atoms with E-state index in [2.05, 4.69) is 9.97 Å². The molecular formula is C11H10FN3O. The van der Waals surface area contributed by atoms with Crippen molar-refractivity contribution in [3.8, 4) is 0 Å². The van der Waals surface area contributed by atoms with Gasteiger partial charge in [0.15, 0.2) is 0 Å². The molecule has 2 heterocycles. The fourth-order valence-electron chi connectivity index (χ4n) is 1.92. The molecule has 1 aliphatic rings. The van der Waals surface area contributed by atoms with E-state index in [9.17, 15) is 9.50 Å². The molecule has 4 nitrogen and oxygen atoms in total. The maximum absolute atomic E-state index is 13.5. The van der Waals surface area contributed by atoms with Crippen LogP contribution in [0, 0.1) is 5.82 Å². The summed E-state index contributed by atoms with van der Waals surface area (Å²) in [7, 11) is 0. The van der Waals surface area contributed by atoms with Crippen molar-refractivity contribution in [3.63, 3.8) is 0 Å². The molecule has 1 saturated heterocycles. The molecule has 1 aromatic heterocycles. The van der Waals surface area contributed by atoms with Crippen molar-refractivity contribution >= 4 is 16.7 Å². The molecule has 0 radical (unpaired) electrons. The van der Waals surface area contributed by atoms with Crippen LogP contribution in [0.4, 0.5) is 10.2 Å². The lowest BCUT2D eigenvalue weighted by Gasteiger charge is -2.37. The Labute approximate surface area is 91.4 Å². The standard InChI is InChI=1S/C11H10FN3O/c12-9-3-1-2-8-10(9)13-6-14-11(8)15-4-7(16)5-15/h1-3,6-7,16H,4-5H2. The molecule has 0 atom stereocenters. The lowest BCUT2D eigenvalue weighted by Crippen LogP contribution is -2.51. The van der Waals surface area contributed by atoms with Crippen LogP contribution in [0.5, 0.6) is 0 Å². The number of para-hydroxylation sites is 1. The van der Waals surface area contributed by atoms with E-state index in [0.717, 1.165) is 0 Å². The molecule has 16 heavy (non-hydrogen) atoms. The molecule has 82 valence electrons. The Kier molecular flexibility index (Phi) is 2.00. The predicted molar refractivity (Wildman–Crippen MR) is 57.7 cm³/mol. The van der Waals surface area contributed by atoms with Crippen LogP contribution < -0.4 is 4.90 Å². The number of aliphatic hydroxyl groups is 1. The second kappa shape index (κ2) is 3.38. The molecular weight excluding hydrogens is 209 g/mol. The molecule has 0 bridgehead atoms. The summed E-state index contributed by atoms with van der Waals surface area (Å²) in [6.07, 6.45) is 1.05. The van der Waals surface area contributed by atoms with E-state index in [-0.39, 0.29) is 11.9 Å². The second-order valence-corrected chi connectivity index (χ2v) is 3.89. The van der Waals surface area contributed by atoms with Gasteiger partial charge in [0, 0.05) is 18.5 Å². The first-order valence-electron chi connectivity index (χ1n) is 5.08. The predicted octanol–water partition coefficient (Wildman–Crippen LogP) is 0.950. The summed E-state index contributed by atoms with van der Waals surface area (Å²) < 4.78 is 13.5. The summed E-state index contributed by atoms with van der Waals surface area (Å²) in [5, 5.41) is 9.94. The van der Waals surface area contributed by atoms with Gasteiger partial charge < -0.3 is 10.0 Å². The molecule has 0 spiro atoms.